The molecular weight excluding hydrogens is 556 g/mol. The number of rotatable bonds is 11. The zero-order valence-corrected chi connectivity index (χ0v) is 23.6. The number of amides is 2. The number of nitrogens with zero attached hydrogens (tertiary/aromatic N) is 3. The van der Waals surface area contributed by atoms with Gasteiger partial charge in [-0.05, 0) is 61.0 Å². The van der Waals surface area contributed by atoms with Crippen molar-refractivity contribution in [1.82, 2.24) is 19.5 Å². The molecule has 4 rings (SSSR count). The van der Waals surface area contributed by atoms with Crippen molar-refractivity contribution in [3.63, 3.8) is 0 Å². The first-order chi connectivity index (χ1) is 19.2. The Morgan fingerprint density at radius 2 is 1.77 bits per heavy atom. The van der Waals surface area contributed by atoms with E-state index in [0.29, 0.717) is 42.8 Å². The molecule has 1 saturated heterocycles. The van der Waals surface area contributed by atoms with Crippen molar-refractivity contribution in [3.05, 3.63) is 89.2 Å². The third-order valence-corrected chi connectivity index (χ3v) is 8.56. The van der Waals surface area contributed by atoms with Gasteiger partial charge in [0.25, 0.3) is 5.91 Å². The van der Waals surface area contributed by atoms with E-state index in [1.54, 1.807) is 49.5 Å². The molecule has 1 aliphatic rings. The Bertz CT molecular complexity index is 1380. The Morgan fingerprint density at radius 1 is 1.07 bits per heavy atom. The maximum atomic E-state index is 13.3. The van der Waals surface area contributed by atoms with Crippen LogP contribution < -0.4 is 10.1 Å². The van der Waals surface area contributed by atoms with Gasteiger partial charge in [0.1, 0.15) is 11.8 Å². The number of morpholine rings is 1. The number of halogens is 1. The number of hydrogen-bond donors (Lipinski definition) is 1. The minimum absolute atomic E-state index is 0.135. The summed E-state index contributed by atoms with van der Waals surface area (Å²) in [5, 5.41) is 3.38. The number of carbonyl (C=O) groups is 2. The number of aromatic nitrogens is 1. The van der Waals surface area contributed by atoms with Crippen molar-refractivity contribution in [3.8, 4) is 5.75 Å². The number of carbonyl (C=O) groups excluding carboxylic acids is 2. The van der Waals surface area contributed by atoms with Crippen molar-refractivity contribution in [1.29, 1.82) is 0 Å². The molecule has 3 aromatic rings. The Balaban J connectivity index is 1.41. The van der Waals surface area contributed by atoms with Gasteiger partial charge in [-0.25, -0.2) is 8.42 Å². The van der Waals surface area contributed by atoms with E-state index in [1.807, 2.05) is 6.07 Å². The predicted octanol–water partition coefficient (Wildman–Crippen LogP) is 2.87. The van der Waals surface area contributed by atoms with Crippen molar-refractivity contribution in [2.75, 3.05) is 32.9 Å². The highest BCUT2D eigenvalue weighted by atomic mass is 35.5. The first-order valence-electron chi connectivity index (χ1n) is 12.8. The van der Waals surface area contributed by atoms with Gasteiger partial charge < -0.3 is 19.7 Å². The third-order valence-electron chi connectivity index (χ3n) is 6.40. The van der Waals surface area contributed by atoms with E-state index >= 15 is 0 Å². The van der Waals surface area contributed by atoms with Crippen LogP contribution in [0.2, 0.25) is 5.02 Å². The first-order valence-corrected chi connectivity index (χ1v) is 14.6. The molecule has 40 heavy (non-hydrogen) atoms. The van der Waals surface area contributed by atoms with Gasteiger partial charge in [0.15, 0.2) is 6.61 Å². The fourth-order valence-corrected chi connectivity index (χ4v) is 5.60. The number of ether oxygens (including phenoxy) is 2. The molecule has 12 heteroatoms. The molecule has 1 unspecified atom stereocenters. The lowest BCUT2D eigenvalue weighted by molar-refractivity contribution is -0.142. The normalized spacial score (nSPS) is 14.8. The van der Waals surface area contributed by atoms with Gasteiger partial charge in [0, 0.05) is 30.9 Å². The maximum Gasteiger partial charge on any atom is 0.261 e. The number of sulfonamides is 1. The summed E-state index contributed by atoms with van der Waals surface area (Å²) < 4.78 is 38.0. The summed E-state index contributed by atoms with van der Waals surface area (Å²) in [5.41, 5.74) is 1.49. The molecular formula is C28H31ClN4O6S. The van der Waals surface area contributed by atoms with Gasteiger partial charge >= 0.3 is 0 Å². The van der Waals surface area contributed by atoms with E-state index in [0.717, 1.165) is 5.56 Å². The van der Waals surface area contributed by atoms with Crippen LogP contribution >= 0.6 is 11.6 Å². The maximum absolute atomic E-state index is 13.3. The molecule has 1 fully saturated rings. The largest absolute Gasteiger partial charge is 0.484 e. The Kier molecular flexibility index (Phi) is 10.1. The average molecular weight is 587 g/mol. The molecule has 1 N–H and O–H groups in total. The Hall–Kier alpha value is -3.51. The molecule has 10 nitrogen and oxygen atoms in total. The van der Waals surface area contributed by atoms with Crippen LogP contribution in [0.25, 0.3) is 0 Å². The van der Waals surface area contributed by atoms with Crippen LogP contribution in [0.4, 0.5) is 0 Å². The summed E-state index contributed by atoms with van der Waals surface area (Å²) in [6, 6.07) is 17.5. The zero-order chi connectivity index (χ0) is 28.5. The first kappa shape index (κ1) is 29.5. The molecule has 1 aromatic heterocycles. The standard InChI is InChI=1S/C28H31ClN4O6S/c1-21(28(35)31-18-24-4-2-3-13-30-24)33(19-22-5-7-23(29)8-6-22)27(34)20-39-25-9-11-26(12-10-25)40(36,37)32-14-16-38-17-15-32/h2-13,21H,14-20H2,1H3,(H,31,35). The van der Waals surface area contributed by atoms with Gasteiger partial charge in [-0.15, -0.1) is 0 Å². The topological polar surface area (TPSA) is 118 Å². The van der Waals surface area contributed by atoms with Crippen LogP contribution in [0.5, 0.6) is 5.75 Å². The third kappa shape index (κ3) is 7.79. The van der Waals surface area contributed by atoms with Gasteiger partial charge in [0.2, 0.25) is 15.9 Å². The molecule has 0 spiro atoms. The van der Waals surface area contributed by atoms with Crippen LogP contribution in [-0.2, 0) is 37.4 Å². The Labute approximate surface area is 238 Å². The quantitative estimate of drug-likeness (QED) is 0.367. The lowest BCUT2D eigenvalue weighted by atomic mass is 10.1. The minimum atomic E-state index is -3.64. The lowest BCUT2D eigenvalue weighted by Crippen LogP contribution is -2.48. The van der Waals surface area contributed by atoms with Crippen LogP contribution in [0.15, 0.2) is 77.8 Å². The zero-order valence-electron chi connectivity index (χ0n) is 22.0. The molecule has 1 aliphatic heterocycles. The molecule has 212 valence electrons. The summed E-state index contributed by atoms with van der Waals surface area (Å²) in [7, 11) is -3.64. The second kappa shape index (κ2) is 13.7. The molecule has 2 heterocycles. The molecule has 0 radical (unpaired) electrons. The number of nitrogens with one attached hydrogen (secondary N) is 1. The van der Waals surface area contributed by atoms with Crippen molar-refractivity contribution in [2.45, 2.75) is 31.0 Å². The van der Waals surface area contributed by atoms with E-state index < -0.39 is 22.0 Å². The summed E-state index contributed by atoms with van der Waals surface area (Å²) >= 11 is 6.01. The number of pyridine rings is 1. The van der Waals surface area contributed by atoms with Crippen molar-refractivity contribution in [2.24, 2.45) is 0 Å². The SMILES string of the molecule is CC(C(=O)NCc1ccccn1)N(Cc1ccc(Cl)cc1)C(=O)COc1ccc(S(=O)(=O)N2CCOCC2)cc1. The molecule has 2 amide bonds. The van der Waals surface area contributed by atoms with Gasteiger partial charge in [-0.1, -0.05) is 29.8 Å². The van der Waals surface area contributed by atoms with E-state index in [9.17, 15) is 18.0 Å². The lowest BCUT2D eigenvalue weighted by Gasteiger charge is -2.29. The second-order valence-electron chi connectivity index (χ2n) is 9.14. The molecule has 2 aromatic carbocycles. The van der Waals surface area contributed by atoms with Gasteiger partial charge in [-0.3, -0.25) is 14.6 Å². The van der Waals surface area contributed by atoms with E-state index in [1.165, 1.54) is 33.5 Å². The molecule has 0 saturated carbocycles. The van der Waals surface area contributed by atoms with Crippen LogP contribution in [0, 0.1) is 0 Å². The summed E-state index contributed by atoms with van der Waals surface area (Å²) in [6.07, 6.45) is 1.64. The van der Waals surface area contributed by atoms with Crippen molar-refractivity contribution < 1.29 is 27.5 Å². The minimum Gasteiger partial charge on any atom is -0.484 e. The highest BCUT2D eigenvalue weighted by molar-refractivity contribution is 7.89. The molecule has 0 bridgehead atoms. The van der Waals surface area contributed by atoms with Gasteiger partial charge in [-0.2, -0.15) is 4.31 Å². The number of benzene rings is 2. The summed E-state index contributed by atoms with van der Waals surface area (Å²) in [4.78, 5) is 32.1. The predicted molar refractivity (Wildman–Crippen MR) is 149 cm³/mol. The fourth-order valence-electron chi connectivity index (χ4n) is 4.07. The highest BCUT2D eigenvalue weighted by Crippen LogP contribution is 2.21. The average Bonchev–Trinajstić information content (AvgIpc) is 2.99. The molecule has 1 atom stereocenters. The van der Waals surface area contributed by atoms with Gasteiger partial charge in [0.05, 0.1) is 30.3 Å². The molecule has 0 aliphatic carbocycles. The van der Waals surface area contributed by atoms with Crippen molar-refractivity contribution >= 4 is 33.4 Å². The smallest absolute Gasteiger partial charge is 0.261 e. The summed E-state index contributed by atoms with van der Waals surface area (Å²) in [5.74, 6) is -0.431. The van der Waals surface area contributed by atoms with Crippen LogP contribution in [0.3, 0.4) is 0 Å². The van der Waals surface area contributed by atoms with E-state index in [4.69, 9.17) is 21.1 Å². The Morgan fingerprint density at radius 3 is 2.42 bits per heavy atom. The summed E-state index contributed by atoms with van der Waals surface area (Å²) in [6.45, 7) is 2.99. The van der Waals surface area contributed by atoms with E-state index in [-0.39, 0.29) is 30.5 Å². The monoisotopic (exact) mass is 586 g/mol. The number of hydrogen-bond acceptors (Lipinski definition) is 7. The second-order valence-corrected chi connectivity index (χ2v) is 11.5. The fraction of sp³-hybridized carbons (Fsp3) is 0.321. The van der Waals surface area contributed by atoms with Crippen LogP contribution in [-0.4, -0.2) is 73.4 Å². The van der Waals surface area contributed by atoms with E-state index in [2.05, 4.69) is 10.3 Å². The van der Waals surface area contributed by atoms with Crippen LogP contribution in [0.1, 0.15) is 18.2 Å². The highest BCUT2D eigenvalue weighted by Gasteiger charge is 2.28.